The van der Waals surface area contributed by atoms with Crippen LogP contribution >= 0.6 is 0 Å². The number of aliphatic hydroxyl groups is 1. The molecular formula is C16H18O4S. The third kappa shape index (κ3) is 3.43. The molecule has 4 nitrogen and oxygen atoms in total. The summed E-state index contributed by atoms with van der Waals surface area (Å²) in [5, 5.41) is 10.4. The van der Waals surface area contributed by atoms with Crippen molar-refractivity contribution < 1.29 is 18.3 Å². The van der Waals surface area contributed by atoms with Crippen molar-refractivity contribution in [1.29, 1.82) is 0 Å². The lowest BCUT2D eigenvalue weighted by Gasteiger charge is -2.15. The van der Waals surface area contributed by atoms with Gasteiger partial charge in [0.25, 0.3) is 0 Å². The van der Waals surface area contributed by atoms with Crippen LogP contribution < -0.4 is 4.74 Å². The molecule has 0 bridgehead atoms. The molecule has 21 heavy (non-hydrogen) atoms. The Bertz CT molecular complexity index is 733. The molecule has 0 fully saturated rings. The number of sulfone groups is 1. The zero-order valence-electron chi connectivity index (χ0n) is 12.2. The maximum absolute atomic E-state index is 11.4. The number of hydrogen-bond acceptors (Lipinski definition) is 4. The van der Waals surface area contributed by atoms with Gasteiger partial charge < -0.3 is 9.84 Å². The molecule has 0 aliphatic heterocycles. The molecule has 0 aliphatic carbocycles. The summed E-state index contributed by atoms with van der Waals surface area (Å²) in [4.78, 5) is 0.241. The average molecular weight is 306 g/mol. The second kappa shape index (κ2) is 5.87. The SMILES string of the molecule is COc1ccc(C(O)c2ccc(S(C)(=O)=O)cc2)c(C)c1. The normalized spacial score (nSPS) is 13.0. The van der Waals surface area contributed by atoms with Crippen molar-refractivity contribution >= 4 is 9.84 Å². The van der Waals surface area contributed by atoms with Crippen LogP contribution in [0.15, 0.2) is 47.4 Å². The zero-order chi connectivity index (χ0) is 15.6. The number of hydrogen-bond donors (Lipinski definition) is 1. The van der Waals surface area contributed by atoms with Crippen molar-refractivity contribution in [2.24, 2.45) is 0 Å². The van der Waals surface area contributed by atoms with E-state index in [0.717, 1.165) is 23.1 Å². The first-order valence-electron chi connectivity index (χ1n) is 6.45. The first kappa shape index (κ1) is 15.5. The van der Waals surface area contributed by atoms with Crippen molar-refractivity contribution in [1.82, 2.24) is 0 Å². The fraction of sp³-hybridized carbons (Fsp3) is 0.250. The first-order chi connectivity index (χ1) is 9.82. The van der Waals surface area contributed by atoms with Gasteiger partial charge in [0.15, 0.2) is 9.84 Å². The molecule has 0 amide bonds. The van der Waals surface area contributed by atoms with Crippen LogP contribution in [-0.2, 0) is 9.84 Å². The topological polar surface area (TPSA) is 63.6 Å². The van der Waals surface area contributed by atoms with Gasteiger partial charge in [-0.05, 0) is 47.9 Å². The zero-order valence-corrected chi connectivity index (χ0v) is 13.0. The summed E-state index contributed by atoms with van der Waals surface area (Å²) in [5.74, 6) is 0.732. The highest BCUT2D eigenvalue weighted by atomic mass is 32.2. The van der Waals surface area contributed by atoms with Gasteiger partial charge in [0.1, 0.15) is 11.9 Å². The van der Waals surface area contributed by atoms with E-state index in [9.17, 15) is 13.5 Å². The number of benzene rings is 2. The van der Waals surface area contributed by atoms with Crippen LogP contribution in [0.25, 0.3) is 0 Å². The molecule has 1 atom stereocenters. The Hall–Kier alpha value is -1.85. The van der Waals surface area contributed by atoms with E-state index in [1.807, 2.05) is 19.1 Å². The largest absolute Gasteiger partial charge is 0.497 e. The second-order valence-corrected chi connectivity index (χ2v) is 6.98. The van der Waals surface area contributed by atoms with Gasteiger partial charge in [0.05, 0.1) is 12.0 Å². The van der Waals surface area contributed by atoms with E-state index >= 15 is 0 Å². The molecule has 1 N–H and O–H groups in total. The van der Waals surface area contributed by atoms with E-state index in [0.29, 0.717) is 5.56 Å². The Morgan fingerprint density at radius 3 is 2.19 bits per heavy atom. The molecule has 2 aromatic carbocycles. The van der Waals surface area contributed by atoms with Crippen LogP contribution in [0.1, 0.15) is 22.8 Å². The van der Waals surface area contributed by atoms with E-state index in [-0.39, 0.29) is 4.90 Å². The molecule has 0 saturated heterocycles. The number of rotatable bonds is 4. The van der Waals surface area contributed by atoms with Gasteiger partial charge in [-0.3, -0.25) is 0 Å². The summed E-state index contributed by atoms with van der Waals surface area (Å²) < 4.78 is 28.0. The number of aryl methyl sites for hydroxylation is 1. The van der Waals surface area contributed by atoms with Crippen LogP contribution in [0, 0.1) is 6.92 Å². The smallest absolute Gasteiger partial charge is 0.175 e. The highest BCUT2D eigenvalue weighted by Gasteiger charge is 2.15. The van der Waals surface area contributed by atoms with E-state index in [4.69, 9.17) is 4.74 Å². The van der Waals surface area contributed by atoms with Crippen molar-refractivity contribution in [3.05, 3.63) is 59.2 Å². The van der Waals surface area contributed by atoms with Gasteiger partial charge in [-0.15, -0.1) is 0 Å². The summed E-state index contributed by atoms with van der Waals surface area (Å²) in [6.45, 7) is 1.89. The molecular weight excluding hydrogens is 288 g/mol. The van der Waals surface area contributed by atoms with Gasteiger partial charge >= 0.3 is 0 Å². The Morgan fingerprint density at radius 2 is 1.71 bits per heavy atom. The lowest BCUT2D eigenvalue weighted by atomic mass is 9.97. The average Bonchev–Trinajstić information content (AvgIpc) is 2.45. The molecule has 0 heterocycles. The summed E-state index contributed by atoms with van der Waals surface area (Å²) >= 11 is 0. The third-order valence-electron chi connectivity index (χ3n) is 3.40. The summed E-state index contributed by atoms with van der Waals surface area (Å²) in [6, 6.07) is 11.7. The monoisotopic (exact) mass is 306 g/mol. The first-order valence-corrected chi connectivity index (χ1v) is 8.34. The predicted molar refractivity (Wildman–Crippen MR) is 81.3 cm³/mol. The highest BCUT2D eigenvalue weighted by Crippen LogP contribution is 2.28. The Morgan fingerprint density at radius 1 is 1.10 bits per heavy atom. The van der Waals surface area contributed by atoms with Crippen LogP contribution in [0.5, 0.6) is 5.75 Å². The molecule has 0 spiro atoms. The van der Waals surface area contributed by atoms with Gasteiger partial charge in [-0.2, -0.15) is 0 Å². The molecule has 0 aliphatic rings. The van der Waals surface area contributed by atoms with Crippen LogP contribution in [0.2, 0.25) is 0 Å². The maximum Gasteiger partial charge on any atom is 0.175 e. The van der Waals surface area contributed by atoms with Crippen molar-refractivity contribution in [3.63, 3.8) is 0 Å². The lowest BCUT2D eigenvalue weighted by molar-refractivity contribution is 0.219. The van der Waals surface area contributed by atoms with Crippen LogP contribution in [0.4, 0.5) is 0 Å². The van der Waals surface area contributed by atoms with E-state index < -0.39 is 15.9 Å². The van der Waals surface area contributed by atoms with Crippen molar-refractivity contribution in [2.75, 3.05) is 13.4 Å². The number of ether oxygens (including phenoxy) is 1. The molecule has 0 aromatic heterocycles. The van der Waals surface area contributed by atoms with Gasteiger partial charge in [-0.25, -0.2) is 8.42 Å². The molecule has 5 heteroatoms. The second-order valence-electron chi connectivity index (χ2n) is 4.97. The van der Waals surface area contributed by atoms with Crippen molar-refractivity contribution in [2.45, 2.75) is 17.9 Å². The van der Waals surface area contributed by atoms with Crippen molar-refractivity contribution in [3.8, 4) is 5.75 Å². The maximum atomic E-state index is 11.4. The van der Waals surface area contributed by atoms with E-state index in [1.165, 1.54) is 12.1 Å². The molecule has 2 rings (SSSR count). The minimum atomic E-state index is -3.23. The summed E-state index contributed by atoms with van der Waals surface area (Å²) in [5.41, 5.74) is 2.33. The predicted octanol–water partition coefficient (Wildman–Crippen LogP) is 2.49. The molecule has 112 valence electrons. The minimum Gasteiger partial charge on any atom is -0.497 e. The van der Waals surface area contributed by atoms with Crippen LogP contribution in [-0.4, -0.2) is 26.9 Å². The van der Waals surface area contributed by atoms with Gasteiger partial charge in [-0.1, -0.05) is 18.2 Å². The minimum absolute atomic E-state index is 0.241. The highest BCUT2D eigenvalue weighted by molar-refractivity contribution is 7.90. The fourth-order valence-corrected chi connectivity index (χ4v) is 2.79. The quantitative estimate of drug-likeness (QED) is 0.942. The standard InChI is InChI=1S/C16H18O4S/c1-11-10-13(20-2)6-9-15(11)16(17)12-4-7-14(8-5-12)21(3,18)19/h4-10,16-17H,1-3H3. The summed E-state index contributed by atoms with van der Waals surface area (Å²) in [7, 11) is -1.63. The molecule has 2 aromatic rings. The number of methoxy groups -OCH3 is 1. The van der Waals surface area contributed by atoms with E-state index in [1.54, 1.807) is 25.3 Å². The third-order valence-corrected chi connectivity index (χ3v) is 4.52. The Kier molecular flexibility index (Phi) is 4.34. The fourth-order valence-electron chi connectivity index (χ4n) is 2.16. The lowest BCUT2D eigenvalue weighted by Crippen LogP contribution is -2.03. The molecule has 1 unspecified atom stereocenters. The Balaban J connectivity index is 2.34. The van der Waals surface area contributed by atoms with Crippen LogP contribution in [0.3, 0.4) is 0 Å². The molecule has 0 saturated carbocycles. The summed E-state index contributed by atoms with van der Waals surface area (Å²) in [6.07, 6.45) is 0.357. The van der Waals surface area contributed by atoms with E-state index in [2.05, 4.69) is 0 Å². The van der Waals surface area contributed by atoms with Gasteiger partial charge in [0.2, 0.25) is 0 Å². The van der Waals surface area contributed by atoms with Gasteiger partial charge in [0, 0.05) is 6.26 Å². The Labute approximate surface area is 124 Å². The molecule has 0 radical (unpaired) electrons. The number of aliphatic hydroxyl groups excluding tert-OH is 1.